The van der Waals surface area contributed by atoms with Crippen molar-refractivity contribution in [2.45, 2.75) is 45.1 Å². The van der Waals surface area contributed by atoms with Crippen molar-refractivity contribution in [3.05, 3.63) is 60.2 Å². The second kappa shape index (κ2) is 13.8. The number of anilines is 2. The number of benzene rings is 4. The van der Waals surface area contributed by atoms with Gasteiger partial charge in [0.15, 0.2) is 28.9 Å². The normalized spacial score (nSPS) is 18.4. The molecule has 2 unspecified atom stereocenters. The lowest BCUT2D eigenvalue weighted by Crippen LogP contribution is -2.60. The molecule has 2 aliphatic heterocycles. The molecule has 8 rings (SSSR count). The van der Waals surface area contributed by atoms with Crippen LogP contribution < -0.4 is 24.8 Å². The molecule has 6 aromatic rings. The zero-order chi connectivity index (χ0) is 41.4. The first-order valence-corrected chi connectivity index (χ1v) is 17.9. The Bertz CT molecular complexity index is 2690. The van der Waals surface area contributed by atoms with Gasteiger partial charge in [-0.1, -0.05) is 6.07 Å². The molecule has 2 amide bonds. The van der Waals surface area contributed by atoms with Crippen LogP contribution in [0.2, 0.25) is 0 Å². The topological polar surface area (TPSA) is 201 Å². The van der Waals surface area contributed by atoms with Gasteiger partial charge in [-0.3, -0.25) is 9.59 Å². The van der Waals surface area contributed by atoms with Gasteiger partial charge in [0.25, 0.3) is 0 Å². The Morgan fingerprint density at radius 1 is 0.810 bits per heavy atom. The van der Waals surface area contributed by atoms with Crippen LogP contribution >= 0.6 is 0 Å². The quantitative estimate of drug-likeness (QED) is 0.102. The van der Waals surface area contributed by atoms with Crippen LogP contribution in [-0.2, 0) is 30.1 Å². The van der Waals surface area contributed by atoms with Gasteiger partial charge in [0.1, 0.15) is 22.7 Å². The molecule has 2 aliphatic rings. The maximum Gasteiger partial charge on any atom is 0.226 e. The number of carbonyl (C=O) groups excluding carboxylic acids is 2. The third-order valence-corrected chi connectivity index (χ3v) is 10.4. The summed E-state index contributed by atoms with van der Waals surface area (Å²) >= 11 is 0. The summed E-state index contributed by atoms with van der Waals surface area (Å²) in [7, 11) is 2.52. The monoisotopic (exact) mass is 800 g/mol. The molecule has 0 radical (unpaired) electrons. The standard InChI is InChI=1S/C40H38F2N6O10/c1-18(49)43-20-10-11-23-26(12-20)47(39(3)15-56-16-39)36(45-23)22-14-28(55-6)33(52)35(30(22)42)58-38-40(4,17-57-38)48-25-9-7-8-24(44-19(2)50)31(25)46-37(48)21-13-27(54-5)32(51)34(53)29(21)41/h7-14,38,51-53H,15-17H2,1-6H3,(H,43,49)(H,44,50). The Morgan fingerprint density at radius 2 is 1.47 bits per heavy atom. The molecule has 18 heteroatoms. The summed E-state index contributed by atoms with van der Waals surface area (Å²) in [5.74, 6) is -6.51. The molecule has 2 atom stereocenters. The van der Waals surface area contributed by atoms with Crippen molar-refractivity contribution in [2.75, 3.05) is 44.7 Å². The molecule has 0 spiro atoms. The first-order chi connectivity index (χ1) is 27.6. The summed E-state index contributed by atoms with van der Waals surface area (Å²) < 4.78 is 65.0. The molecule has 0 bridgehead atoms. The summed E-state index contributed by atoms with van der Waals surface area (Å²) in [6.45, 7) is 6.74. The fourth-order valence-corrected chi connectivity index (χ4v) is 7.48. The predicted octanol–water partition coefficient (Wildman–Crippen LogP) is 5.94. The average Bonchev–Trinajstić information content (AvgIpc) is 3.75. The number of halogens is 2. The Hall–Kier alpha value is -6.66. The van der Waals surface area contributed by atoms with Crippen molar-refractivity contribution in [3.63, 3.8) is 0 Å². The molecule has 58 heavy (non-hydrogen) atoms. The number of methoxy groups -OCH3 is 2. The van der Waals surface area contributed by atoms with Crippen LogP contribution in [0.5, 0.6) is 34.5 Å². The van der Waals surface area contributed by atoms with Crippen LogP contribution in [0, 0.1) is 11.6 Å². The average molecular weight is 801 g/mol. The molecule has 5 N–H and O–H groups in total. The summed E-state index contributed by atoms with van der Waals surface area (Å²) in [5.41, 5.74) is 0.00237. The lowest BCUT2D eigenvalue weighted by Gasteiger charge is -2.47. The van der Waals surface area contributed by atoms with Gasteiger partial charge in [-0.15, -0.1) is 0 Å². The van der Waals surface area contributed by atoms with Crippen LogP contribution in [-0.4, -0.2) is 86.6 Å². The largest absolute Gasteiger partial charge is 0.502 e. The number of hydrogen-bond donors (Lipinski definition) is 5. The third-order valence-electron chi connectivity index (χ3n) is 10.4. The van der Waals surface area contributed by atoms with E-state index in [9.17, 15) is 24.9 Å². The van der Waals surface area contributed by atoms with Gasteiger partial charge in [0.2, 0.25) is 35.4 Å². The molecule has 4 aromatic carbocycles. The second-order valence-electron chi connectivity index (χ2n) is 14.6. The highest BCUT2D eigenvalue weighted by Crippen LogP contribution is 2.50. The van der Waals surface area contributed by atoms with E-state index in [0.717, 1.165) is 6.07 Å². The smallest absolute Gasteiger partial charge is 0.226 e. The fourth-order valence-electron chi connectivity index (χ4n) is 7.48. The number of fused-ring (bicyclic) bond motifs is 2. The van der Waals surface area contributed by atoms with Crippen LogP contribution in [0.15, 0.2) is 48.5 Å². The number of phenols is 3. The minimum absolute atomic E-state index is 0.0986. The van der Waals surface area contributed by atoms with Gasteiger partial charge in [0, 0.05) is 19.5 Å². The zero-order valence-corrected chi connectivity index (χ0v) is 32.1. The summed E-state index contributed by atoms with van der Waals surface area (Å²) in [6, 6.07) is 12.4. The SMILES string of the molecule is COc1cc(-c2nc3c(NC(C)=O)cccc3n2C2(C)COC2Oc2c(O)c(OC)cc(-c3nc4ccc(NC(C)=O)cc4n3C3(C)COC3)c2F)c(F)c(O)c1O. The molecule has 2 aromatic heterocycles. The number of nitrogens with one attached hydrogen (secondary N) is 2. The number of amides is 2. The number of rotatable bonds is 10. The number of aromatic hydroxyl groups is 3. The van der Waals surface area contributed by atoms with E-state index >= 15 is 8.78 Å². The van der Waals surface area contributed by atoms with Gasteiger partial charge in [0.05, 0.1) is 72.9 Å². The first-order valence-electron chi connectivity index (χ1n) is 17.9. The Balaban J connectivity index is 1.29. The van der Waals surface area contributed by atoms with Gasteiger partial charge >= 0.3 is 0 Å². The minimum atomic E-state index is -1.39. The van der Waals surface area contributed by atoms with Crippen molar-refractivity contribution in [1.29, 1.82) is 0 Å². The van der Waals surface area contributed by atoms with E-state index in [4.69, 9.17) is 33.7 Å². The highest BCUT2D eigenvalue weighted by atomic mass is 19.1. The lowest BCUT2D eigenvalue weighted by atomic mass is 9.95. The number of ether oxygens (including phenoxy) is 5. The Labute approximate surface area is 328 Å². The van der Waals surface area contributed by atoms with Crippen molar-refractivity contribution in [3.8, 4) is 57.3 Å². The third kappa shape index (κ3) is 5.85. The molecular weight excluding hydrogens is 762 g/mol. The summed E-state index contributed by atoms with van der Waals surface area (Å²) in [6.07, 6.45) is -1.39. The van der Waals surface area contributed by atoms with E-state index in [0.29, 0.717) is 22.2 Å². The molecule has 2 saturated heterocycles. The zero-order valence-electron chi connectivity index (χ0n) is 32.1. The Kier molecular flexibility index (Phi) is 9.07. The van der Waals surface area contributed by atoms with E-state index in [2.05, 4.69) is 10.6 Å². The number of nitrogens with zero attached hydrogens (tertiary/aromatic N) is 4. The van der Waals surface area contributed by atoms with Gasteiger partial charge in [-0.25, -0.2) is 18.7 Å². The van der Waals surface area contributed by atoms with E-state index in [1.165, 1.54) is 34.1 Å². The molecule has 0 saturated carbocycles. The second-order valence-corrected chi connectivity index (χ2v) is 14.6. The molecule has 4 heterocycles. The number of hydrogen-bond acceptors (Lipinski definition) is 12. The van der Waals surface area contributed by atoms with E-state index in [-0.39, 0.29) is 71.2 Å². The number of aromatic nitrogens is 4. The lowest BCUT2D eigenvalue weighted by molar-refractivity contribution is -0.255. The maximum atomic E-state index is 17.2. The van der Waals surface area contributed by atoms with Crippen molar-refractivity contribution < 1.29 is 57.4 Å². The highest BCUT2D eigenvalue weighted by molar-refractivity contribution is 6.00. The van der Waals surface area contributed by atoms with Crippen molar-refractivity contribution in [1.82, 2.24) is 19.1 Å². The number of imidazole rings is 2. The van der Waals surface area contributed by atoms with Crippen LogP contribution in [0.1, 0.15) is 27.7 Å². The van der Waals surface area contributed by atoms with E-state index in [1.54, 1.807) is 47.9 Å². The summed E-state index contributed by atoms with van der Waals surface area (Å²) in [5, 5.41) is 37.8. The molecular formula is C40H38F2N6O10. The van der Waals surface area contributed by atoms with Crippen molar-refractivity contribution >= 4 is 45.3 Å². The van der Waals surface area contributed by atoms with Crippen LogP contribution in [0.3, 0.4) is 0 Å². The fraction of sp³-hybridized carbons (Fsp3) is 0.300. The molecule has 0 aliphatic carbocycles. The number of para-hydroxylation sites is 1. The summed E-state index contributed by atoms with van der Waals surface area (Å²) in [4.78, 5) is 33.6. The predicted molar refractivity (Wildman–Crippen MR) is 205 cm³/mol. The molecule has 16 nitrogen and oxygen atoms in total. The van der Waals surface area contributed by atoms with Crippen LogP contribution in [0.4, 0.5) is 20.2 Å². The van der Waals surface area contributed by atoms with Gasteiger partial charge in [-0.2, -0.15) is 0 Å². The van der Waals surface area contributed by atoms with Gasteiger partial charge in [-0.05, 0) is 56.3 Å². The molecule has 2 fully saturated rings. The van der Waals surface area contributed by atoms with E-state index in [1.807, 2.05) is 11.5 Å². The minimum Gasteiger partial charge on any atom is -0.502 e. The van der Waals surface area contributed by atoms with E-state index < -0.39 is 57.9 Å². The maximum absolute atomic E-state index is 17.2. The Morgan fingerprint density at radius 3 is 2.07 bits per heavy atom. The first kappa shape index (κ1) is 38.2. The highest BCUT2D eigenvalue weighted by Gasteiger charge is 2.52. The van der Waals surface area contributed by atoms with Crippen LogP contribution in [0.25, 0.3) is 44.8 Å². The number of phenolic OH excluding ortho intramolecular Hbond substituents is 3. The van der Waals surface area contributed by atoms with Gasteiger partial charge < -0.3 is 58.8 Å². The molecule has 302 valence electrons. The van der Waals surface area contributed by atoms with Crippen molar-refractivity contribution in [2.24, 2.45) is 0 Å². The number of carbonyl (C=O) groups is 2.